The van der Waals surface area contributed by atoms with Crippen molar-refractivity contribution in [3.8, 4) is 0 Å². The van der Waals surface area contributed by atoms with Gasteiger partial charge in [-0.15, -0.1) is 0 Å². The molecule has 8 heteroatoms. The quantitative estimate of drug-likeness (QED) is 0.730. The second kappa shape index (κ2) is 5.98. The molecule has 1 amide bonds. The molecule has 0 unspecified atom stereocenters. The van der Waals surface area contributed by atoms with Crippen molar-refractivity contribution in [2.75, 3.05) is 5.43 Å². The van der Waals surface area contributed by atoms with Crippen LogP contribution in [0.5, 0.6) is 0 Å². The fourth-order valence-corrected chi connectivity index (χ4v) is 3.87. The lowest BCUT2D eigenvalue weighted by molar-refractivity contribution is 0.101. The highest BCUT2D eigenvalue weighted by Gasteiger charge is 2.28. The number of nitrogens with one attached hydrogen (secondary N) is 2. The molecule has 2 N–H and O–H groups in total. The molecule has 1 aromatic heterocycles. The molecule has 1 fully saturated rings. The first-order valence-electron chi connectivity index (χ1n) is 7.89. The second-order valence-electron chi connectivity index (χ2n) is 5.97. The van der Waals surface area contributed by atoms with Gasteiger partial charge in [-0.05, 0) is 43.2 Å². The summed E-state index contributed by atoms with van der Waals surface area (Å²) in [6, 6.07) is 13.4. The zero-order valence-electron chi connectivity index (χ0n) is 13.2. The number of hydrogen-bond acceptors (Lipinski definition) is 4. The number of carbonyl (C=O) groups excluding carboxylic acids is 1. The Kier molecular flexibility index (Phi) is 3.78. The van der Waals surface area contributed by atoms with Crippen LogP contribution in [0.15, 0.2) is 59.8 Å². The predicted molar refractivity (Wildman–Crippen MR) is 93.2 cm³/mol. The van der Waals surface area contributed by atoms with E-state index in [9.17, 15) is 13.2 Å². The monoisotopic (exact) mass is 356 g/mol. The van der Waals surface area contributed by atoms with Gasteiger partial charge in [0.25, 0.3) is 5.91 Å². The van der Waals surface area contributed by atoms with E-state index in [4.69, 9.17) is 0 Å². The molecule has 0 spiro atoms. The van der Waals surface area contributed by atoms with E-state index in [2.05, 4.69) is 15.1 Å². The molecule has 25 heavy (non-hydrogen) atoms. The molecule has 128 valence electrons. The van der Waals surface area contributed by atoms with Crippen molar-refractivity contribution in [3.63, 3.8) is 0 Å². The van der Waals surface area contributed by atoms with Crippen molar-refractivity contribution in [1.29, 1.82) is 0 Å². The summed E-state index contributed by atoms with van der Waals surface area (Å²) in [4.78, 5) is 16.8. The number of rotatable bonds is 5. The standard InChI is InChI=1S/C17H16N4O3S/c22-17(19-21-11-18-15-6-1-2-7-16(15)21)12-4-3-5-14(10-12)25(23,24)20-13-8-9-13/h1-7,10-11,13,20H,8-9H2,(H,19,22). The normalized spacial score (nSPS) is 14.6. The Labute approximate surface area is 144 Å². The molecular weight excluding hydrogens is 340 g/mol. The third-order valence-corrected chi connectivity index (χ3v) is 5.50. The van der Waals surface area contributed by atoms with E-state index >= 15 is 0 Å². The maximum atomic E-state index is 12.5. The van der Waals surface area contributed by atoms with Crippen molar-refractivity contribution in [1.82, 2.24) is 14.4 Å². The zero-order chi connectivity index (χ0) is 17.4. The van der Waals surface area contributed by atoms with Gasteiger partial charge in [0.15, 0.2) is 0 Å². The molecule has 0 atom stereocenters. The van der Waals surface area contributed by atoms with Crippen molar-refractivity contribution in [2.45, 2.75) is 23.8 Å². The fraction of sp³-hybridized carbons (Fsp3) is 0.176. The van der Waals surface area contributed by atoms with Crippen LogP contribution in [0.25, 0.3) is 11.0 Å². The molecule has 7 nitrogen and oxygen atoms in total. The van der Waals surface area contributed by atoms with Crippen LogP contribution in [0.1, 0.15) is 23.2 Å². The fourth-order valence-electron chi connectivity index (χ4n) is 2.52. The smallest absolute Gasteiger partial charge is 0.267 e. The lowest BCUT2D eigenvalue weighted by atomic mass is 10.2. The SMILES string of the molecule is O=C(Nn1cnc2ccccc21)c1cccc(S(=O)(=O)NC2CC2)c1. The molecule has 2 aromatic carbocycles. The number of imidazole rings is 1. The Hall–Kier alpha value is -2.71. The highest BCUT2D eigenvalue weighted by molar-refractivity contribution is 7.89. The van der Waals surface area contributed by atoms with Crippen molar-refractivity contribution in [2.24, 2.45) is 0 Å². The lowest BCUT2D eigenvalue weighted by Gasteiger charge is -2.09. The van der Waals surface area contributed by atoms with E-state index in [0.29, 0.717) is 0 Å². The number of sulfonamides is 1. The summed E-state index contributed by atoms with van der Waals surface area (Å²) >= 11 is 0. The number of fused-ring (bicyclic) bond motifs is 1. The second-order valence-corrected chi connectivity index (χ2v) is 7.68. The van der Waals surface area contributed by atoms with Gasteiger partial charge in [-0.25, -0.2) is 22.8 Å². The first kappa shape index (κ1) is 15.8. The number of carbonyl (C=O) groups is 1. The Balaban J connectivity index is 1.59. The molecule has 1 aliphatic carbocycles. The number of amides is 1. The average Bonchev–Trinajstić information content (AvgIpc) is 3.33. The summed E-state index contributed by atoms with van der Waals surface area (Å²) in [5.41, 5.74) is 4.49. The molecule has 1 aliphatic rings. The van der Waals surface area contributed by atoms with Gasteiger partial charge in [0.2, 0.25) is 10.0 Å². The van der Waals surface area contributed by atoms with Crippen molar-refractivity contribution >= 4 is 27.0 Å². The minimum absolute atomic E-state index is 0.0137. The highest BCUT2D eigenvalue weighted by atomic mass is 32.2. The summed E-state index contributed by atoms with van der Waals surface area (Å²) < 4.78 is 28.7. The average molecular weight is 356 g/mol. The maximum Gasteiger partial charge on any atom is 0.270 e. The largest absolute Gasteiger partial charge is 0.270 e. The molecular formula is C17H16N4O3S. The summed E-state index contributed by atoms with van der Waals surface area (Å²) in [5.74, 6) is -0.411. The van der Waals surface area contributed by atoms with Crippen molar-refractivity contribution in [3.05, 3.63) is 60.4 Å². The minimum Gasteiger partial charge on any atom is -0.267 e. The van der Waals surface area contributed by atoms with Gasteiger partial charge < -0.3 is 0 Å². The van der Waals surface area contributed by atoms with Gasteiger partial charge in [-0.1, -0.05) is 18.2 Å². The van der Waals surface area contributed by atoms with Crippen LogP contribution in [0.3, 0.4) is 0 Å². The first-order valence-corrected chi connectivity index (χ1v) is 9.37. The number of aromatic nitrogens is 2. The molecule has 0 saturated heterocycles. The third-order valence-electron chi connectivity index (χ3n) is 3.98. The van der Waals surface area contributed by atoms with E-state index < -0.39 is 15.9 Å². The number of hydrogen-bond donors (Lipinski definition) is 2. The summed E-state index contributed by atoms with van der Waals surface area (Å²) in [7, 11) is -3.60. The molecule has 3 aromatic rings. The number of nitrogens with zero attached hydrogens (tertiary/aromatic N) is 2. The van der Waals surface area contributed by atoms with Crippen LogP contribution >= 0.6 is 0 Å². The zero-order valence-corrected chi connectivity index (χ0v) is 14.0. The van der Waals surface area contributed by atoms with Gasteiger partial charge >= 0.3 is 0 Å². The van der Waals surface area contributed by atoms with E-state index in [-0.39, 0.29) is 16.5 Å². The molecule has 1 heterocycles. The summed E-state index contributed by atoms with van der Waals surface area (Å²) in [5, 5.41) is 0. The number of para-hydroxylation sites is 2. The summed E-state index contributed by atoms with van der Waals surface area (Å²) in [6.07, 6.45) is 3.22. The molecule has 4 rings (SSSR count). The maximum absolute atomic E-state index is 12.5. The summed E-state index contributed by atoms with van der Waals surface area (Å²) in [6.45, 7) is 0. The minimum atomic E-state index is -3.60. The predicted octanol–water partition coefficient (Wildman–Crippen LogP) is 1.86. The Morgan fingerprint density at radius 3 is 2.72 bits per heavy atom. The van der Waals surface area contributed by atoms with Crippen LogP contribution in [-0.4, -0.2) is 30.0 Å². The van der Waals surface area contributed by atoms with Crippen LogP contribution in [0.4, 0.5) is 0 Å². The van der Waals surface area contributed by atoms with Crippen molar-refractivity contribution < 1.29 is 13.2 Å². The topological polar surface area (TPSA) is 93.1 Å². The van der Waals surface area contributed by atoms with E-state index in [1.165, 1.54) is 23.1 Å². The first-order chi connectivity index (χ1) is 12.0. The van der Waals surface area contributed by atoms with Gasteiger partial charge in [0.1, 0.15) is 6.33 Å². The van der Waals surface area contributed by atoms with E-state index in [1.54, 1.807) is 12.1 Å². The Morgan fingerprint density at radius 1 is 1.12 bits per heavy atom. The Bertz CT molecular complexity index is 1050. The molecule has 0 radical (unpaired) electrons. The lowest BCUT2D eigenvalue weighted by Crippen LogP contribution is -2.26. The van der Waals surface area contributed by atoms with Gasteiger partial charge in [0, 0.05) is 11.6 Å². The van der Waals surface area contributed by atoms with Crippen LogP contribution in [-0.2, 0) is 10.0 Å². The van der Waals surface area contributed by atoms with Crippen LogP contribution in [0, 0.1) is 0 Å². The molecule has 1 saturated carbocycles. The van der Waals surface area contributed by atoms with E-state index in [1.807, 2.05) is 24.3 Å². The van der Waals surface area contributed by atoms with E-state index in [0.717, 1.165) is 23.9 Å². The molecule has 0 bridgehead atoms. The van der Waals surface area contributed by atoms with Gasteiger partial charge in [0.05, 0.1) is 15.9 Å². The van der Waals surface area contributed by atoms with Gasteiger partial charge in [-0.2, -0.15) is 0 Å². The number of benzene rings is 2. The van der Waals surface area contributed by atoms with Gasteiger partial charge in [-0.3, -0.25) is 10.2 Å². The highest BCUT2D eigenvalue weighted by Crippen LogP contribution is 2.22. The molecule has 0 aliphatic heterocycles. The Morgan fingerprint density at radius 2 is 1.92 bits per heavy atom. The third kappa shape index (κ3) is 3.26. The van der Waals surface area contributed by atoms with Crippen LogP contribution < -0.4 is 10.1 Å². The van der Waals surface area contributed by atoms with Crippen LogP contribution in [0.2, 0.25) is 0 Å².